The van der Waals surface area contributed by atoms with Gasteiger partial charge >= 0.3 is 10.8 Å². The molecule has 0 aromatic carbocycles. The first-order valence-corrected chi connectivity index (χ1v) is 5.93. The molecule has 17 heavy (non-hydrogen) atoms. The summed E-state index contributed by atoms with van der Waals surface area (Å²) < 4.78 is 6.25. The molecule has 1 aromatic rings. The van der Waals surface area contributed by atoms with Gasteiger partial charge in [0.25, 0.3) is 5.91 Å². The zero-order valence-corrected chi connectivity index (χ0v) is 10.5. The fourth-order valence-corrected chi connectivity index (χ4v) is 1.95. The second-order valence-electron chi connectivity index (χ2n) is 3.58. The molecule has 0 radical (unpaired) electrons. The molecule has 0 bridgehead atoms. The van der Waals surface area contributed by atoms with Crippen LogP contribution in [0.1, 0.15) is 19.0 Å². The lowest BCUT2D eigenvalue weighted by Crippen LogP contribution is -2.31. The smallest absolute Gasteiger partial charge is 0.308 e. The van der Waals surface area contributed by atoms with E-state index in [1.807, 2.05) is 0 Å². The first-order chi connectivity index (χ1) is 7.91. The summed E-state index contributed by atoms with van der Waals surface area (Å²) in [6, 6.07) is 0. The summed E-state index contributed by atoms with van der Waals surface area (Å²) in [6.07, 6.45) is -0.905. The molecule has 1 atom stereocenters. The molecule has 0 aliphatic heterocycles. The number of aryl methyl sites for hydroxylation is 1. The zero-order valence-electron chi connectivity index (χ0n) is 9.63. The number of hydrogen-bond donors (Lipinski definition) is 1. The average molecular weight is 258 g/mol. The summed E-state index contributed by atoms with van der Waals surface area (Å²) in [7, 11) is 0. The SMILES string of the molecule is Cc1csc(=O)n1CCC(=O)OC(C)C(N)=O. The number of hydrogen-bond acceptors (Lipinski definition) is 5. The minimum absolute atomic E-state index is 0.0368. The molecule has 94 valence electrons. The highest BCUT2D eigenvalue weighted by molar-refractivity contribution is 7.07. The van der Waals surface area contributed by atoms with Gasteiger partial charge in [-0.2, -0.15) is 0 Å². The Morgan fingerprint density at radius 1 is 1.59 bits per heavy atom. The molecule has 0 fully saturated rings. The molecule has 0 spiro atoms. The van der Waals surface area contributed by atoms with Gasteiger partial charge in [-0.1, -0.05) is 11.3 Å². The molecule has 1 heterocycles. The molecular formula is C10H14N2O4S. The Kier molecular flexibility index (Phi) is 4.45. The number of nitrogens with zero attached hydrogens (tertiary/aromatic N) is 1. The molecule has 0 aliphatic rings. The van der Waals surface area contributed by atoms with Crippen LogP contribution >= 0.6 is 11.3 Å². The van der Waals surface area contributed by atoms with E-state index in [9.17, 15) is 14.4 Å². The topological polar surface area (TPSA) is 91.4 Å². The van der Waals surface area contributed by atoms with Gasteiger partial charge in [0, 0.05) is 17.6 Å². The summed E-state index contributed by atoms with van der Waals surface area (Å²) in [5.41, 5.74) is 5.76. The van der Waals surface area contributed by atoms with Crippen molar-refractivity contribution in [3.8, 4) is 0 Å². The van der Waals surface area contributed by atoms with Crippen LogP contribution in [0.15, 0.2) is 10.2 Å². The van der Waals surface area contributed by atoms with E-state index in [0.717, 1.165) is 17.0 Å². The summed E-state index contributed by atoms with van der Waals surface area (Å²) in [5, 5.41) is 1.72. The Bertz CT molecular complexity index is 477. The molecular weight excluding hydrogens is 244 g/mol. The van der Waals surface area contributed by atoms with Crippen molar-refractivity contribution in [2.45, 2.75) is 32.9 Å². The van der Waals surface area contributed by atoms with Gasteiger partial charge in [0.1, 0.15) is 0 Å². The maximum atomic E-state index is 11.3. The van der Waals surface area contributed by atoms with Gasteiger partial charge in [-0.05, 0) is 13.8 Å². The quantitative estimate of drug-likeness (QED) is 0.754. The Hall–Kier alpha value is -1.63. The van der Waals surface area contributed by atoms with E-state index in [1.165, 1.54) is 11.5 Å². The maximum Gasteiger partial charge on any atom is 0.308 e. The van der Waals surface area contributed by atoms with Gasteiger partial charge < -0.3 is 15.0 Å². The van der Waals surface area contributed by atoms with E-state index in [-0.39, 0.29) is 17.8 Å². The maximum absolute atomic E-state index is 11.3. The summed E-state index contributed by atoms with van der Waals surface area (Å²) in [4.78, 5) is 33.2. The van der Waals surface area contributed by atoms with E-state index < -0.39 is 18.0 Å². The zero-order chi connectivity index (χ0) is 13.0. The Labute approximate surface area is 102 Å². The second-order valence-corrected chi connectivity index (χ2v) is 4.40. The van der Waals surface area contributed by atoms with E-state index in [1.54, 1.807) is 12.3 Å². The third kappa shape index (κ3) is 3.70. The molecule has 0 saturated heterocycles. The number of nitrogens with two attached hydrogens (primary N) is 1. The van der Waals surface area contributed by atoms with Crippen molar-refractivity contribution in [2.24, 2.45) is 5.73 Å². The van der Waals surface area contributed by atoms with Crippen LogP contribution in [0.25, 0.3) is 0 Å². The van der Waals surface area contributed by atoms with Gasteiger partial charge in [0.2, 0.25) is 0 Å². The van der Waals surface area contributed by atoms with Gasteiger partial charge in [-0.15, -0.1) is 0 Å². The number of primary amides is 1. The Balaban J connectivity index is 2.49. The van der Waals surface area contributed by atoms with E-state index in [4.69, 9.17) is 10.5 Å². The largest absolute Gasteiger partial charge is 0.453 e. The lowest BCUT2D eigenvalue weighted by atomic mass is 10.3. The summed E-state index contributed by atoms with van der Waals surface area (Å²) in [5.74, 6) is -1.24. The van der Waals surface area contributed by atoms with Crippen LogP contribution in [0.2, 0.25) is 0 Å². The van der Waals surface area contributed by atoms with Crippen molar-refractivity contribution < 1.29 is 14.3 Å². The van der Waals surface area contributed by atoms with Gasteiger partial charge in [0.15, 0.2) is 6.10 Å². The van der Waals surface area contributed by atoms with Crippen molar-refractivity contribution in [3.05, 3.63) is 20.7 Å². The average Bonchev–Trinajstić information content (AvgIpc) is 2.56. The van der Waals surface area contributed by atoms with Crippen LogP contribution in [0.3, 0.4) is 0 Å². The van der Waals surface area contributed by atoms with Gasteiger partial charge in [-0.25, -0.2) is 0 Å². The molecule has 1 aromatic heterocycles. The second kappa shape index (κ2) is 5.62. The molecule has 2 N–H and O–H groups in total. The fraction of sp³-hybridized carbons (Fsp3) is 0.500. The van der Waals surface area contributed by atoms with Gasteiger partial charge in [0.05, 0.1) is 6.42 Å². The van der Waals surface area contributed by atoms with Crippen molar-refractivity contribution in [2.75, 3.05) is 0 Å². The van der Waals surface area contributed by atoms with Crippen LogP contribution < -0.4 is 10.6 Å². The third-order valence-corrected chi connectivity index (χ3v) is 3.11. The first kappa shape index (κ1) is 13.4. The lowest BCUT2D eigenvalue weighted by molar-refractivity contribution is -0.154. The molecule has 1 unspecified atom stereocenters. The number of thiazole rings is 1. The highest BCUT2D eigenvalue weighted by atomic mass is 32.1. The predicted molar refractivity (Wildman–Crippen MR) is 62.7 cm³/mol. The molecule has 1 amide bonds. The molecule has 7 heteroatoms. The first-order valence-electron chi connectivity index (χ1n) is 5.05. The minimum Gasteiger partial charge on any atom is -0.453 e. The molecule has 1 rings (SSSR count). The van der Waals surface area contributed by atoms with Crippen LogP contribution in [0.5, 0.6) is 0 Å². The molecule has 6 nitrogen and oxygen atoms in total. The third-order valence-electron chi connectivity index (χ3n) is 2.22. The number of carbonyl (C=O) groups is 2. The highest BCUT2D eigenvalue weighted by Gasteiger charge is 2.14. The van der Waals surface area contributed by atoms with Crippen LogP contribution in [-0.2, 0) is 20.9 Å². The van der Waals surface area contributed by atoms with E-state index in [0.29, 0.717) is 0 Å². The molecule has 0 saturated carbocycles. The van der Waals surface area contributed by atoms with Crippen LogP contribution in [0, 0.1) is 6.92 Å². The van der Waals surface area contributed by atoms with E-state index in [2.05, 4.69) is 0 Å². The number of rotatable bonds is 5. The lowest BCUT2D eigenvalue weighted by Gasteiger charge is -2.09. The van der Waals surface area contributed by atoms with Crippen molar-refractivity contribution in [1.29, 1.82) is 0 Å². The van der Waals surface area contributed by atoms with E-state index >= 15 is 0 Å². The Morgan fingerprint density at radius 3 is 2.71 bits per heavy atom. The predicted octanol–water partition coefficient (Wildman–Crippen LogP) is 0.0253. The number of carbonyl (C=O) groups excluding carboxylic acids is 2. The number of ether oxygens (including phenoxy) is 1. The number of esters is 1. The minimum atomic E-state index is -0.942. The summed E-state index contributed by atoms with van der Waals surface area (Å²) >= 11 is 1.08. The van der Waals surface area contributed by atoms with Crippen LogP contribution in [-0.4, -0.2) is 22.5 Å². The van der Waals surface area contributed by atoms with Crippen molar-refractivity contribution in [1.82, 2.24) is 4.57 Å². The number of amides is 1. The van der Waals surface area contributed by atoms with Gasteiger partial charge in [-0.3, -0.25) is 14.4 Å². The normalized spacial score (nSPS) is 12.1. The standard InChI is InChI=1S/C10H14N2O4S/c1-6-5-17-10(15)12(6)4-3-8(13)16-7(2)9(11)14/h5,7H,3-4H2,1-2H3,(H2,11,14). The van der Waals surface area contributed by atoms with Crippen LogP contribution in [0.4, 0.5) is 0 Å². The molecule has 0 aliphatic carbocycles. The summed E-state index contributed by atoms with van der Waals surface area (Å²) in [6.45, 7) is 3.44. The fourth-order valence-electron chi connectivity index (χ4n) is 1.19. The monoisotopic (exact) mass is 258 g/mol. The Morgan fingerprint density at radius 2 is 2.24 bits per heavy atom. The number of aromatic nitrogens is 1. The van der Waals surface area contributed by atoms with Crippen molar-refractivity contribution >= 4 is 23.2 Å². The van der Waals surface area contributed by atoms with Crippen molar-refractivity contribution in [3.63, 3.8) is 0 Å². The highest BCUT2D eigenvalue weighted by Crippen LogP contribution is 2.02.